The molecule has 0 unspecified atom stereocenters. The predicted molar refractivity (Wildman–Crippen MR) is 147 cm³/mol. The minimum absolute atomic E-state index is 0.297. The zero-order valence-electron chi connectivity index (χ0n) is 21.4. The Morgan fingerprint density at radius 1 is 1.06 bits per heavy atom. The van der Waals surface area contributed by atoms with E-state index >= 15 is 0 Å². The number of allylic oxidation sites excluding steroid dienone is 1. The number of fused-ring (bicyclic) bond motifs is 4. The molecule has 1 aliphatic heterocycles. The summed E-state index contributed by atoms with van der Waals surface area (Å²) in [5, 5.41) is 12.2. The fraction of sp³-hybridized carbons (Fsp3) is 0.290. The number of rotatable bonds is 7. The number of carboxylic acid groups (broad SMARTS) is 1. The van der Waals surface area contributed by atoms with Gasteiger partial charge in [-0.05, 0) is 86.2 Å². The van der Waals surface area contributed by atoms with Crippen LogP contribution in [-0.2, 0) is 24.1 Å². The van der Waals surface area contributed by atoms with Crippen molar-refractivity contribution in [1.82, 2.24) is 4.57 Å². The standard InChI is InChI=1S/C31H32N2O3/c1-5-20-7-11-28-25(16-20)26-18-22(9-12-29(26)33(28)6-2)27-17-21(13-14-36-4)15-23-8-10-24(31(34)35)19(3)30(23)32-27/h7-12,16-18H,5-6,13-15H2,1-4H3,(H,34,35). The molecule has 5 rings (SSSR count). The van der Waals surface area contributed by atoms with Gasteiger partial charge in [0, 0.05) is 47.6 Å². The second-order valence-electron chi connectivity index (χ2n) is 9.45. The van der Waals surface area contributed by atoms with Crippen molar-refractivity contribution in [2.24, 2.45) is 4.99 Å². The number of aromatic nitrogens is 1. The van der Waals surface area contributed by atoms with Gasteiger partial charge in [-0.25, -0.2) is 9.79 Å². The van der Waals surface area contributed by atoms with Crippen molar-refractivity contribution in [3.8, 4) is 0 Å². The number of aromatic carboxylic acids is 1. The second kappa shape index (κ2) is 9.75. The highest BCUT2D eigenvalue weighted by Gasteiger charge is 2.20. The van der Waals surface area contributed by atoms with Crippen LogP contribution in [0.15, 0.2) is 65.2 Å². The second-order valence-corrected chi connectivity index (χ2v) is 9.45. The Balaban J connectivity index is 1.74. The van der Waals surface area contributed by atoms with E-state index in [2.05, 4.69) is 60.9 Å². The van der Waals surface area contributed by atoms with Crippen molar-refractivity contribution in [2.45, 2.75) is 46.6 Å². The third-order valence-electron chi connectivity index (χ3n) is 7.31. The lowest BCUT2D eigenvalue weighted by atomic mass is 9.96. The molecule has 0 aliphatic carbocycles. The maximum atomic E-state index is 11.8. The van der Waals surface area contributed by atoms with Crippen LogP contribution in [-0.4, -0.2) is 35.1 Å². The Bertz CT molecular complexity index is 1560. The Labute approximate surface area is 211 Å². The maximum absolute atomic E-state index is 11.8. The smallest absolute Gasteiger partial charge is 0.336 e. The number of nitrogens with zero attached hydrogens (tertiary/aromatic N) is 2. The number of methoxy groups -OCH3 is 1. The molecule has 184 valence electrons. The van der Waals surface area contributed by atoms with Gasteiger partial charge in [0.25, 0.3) is 0 Å². The fourth-order valence-corrected chi connectivity index (χ4v) is 5.34. The number of hydrogen-bond acceptors (Lipinski definition) is 3. The minimum atomic E-state index is -0.926. The van der Waals surface area contributed by atoms with Crippen LogP contribution in [0.4, 0.5) is 5.69 Å². The van der Waals surface area contributed by atoms with Gasteiger partial charge >= 0.3 is 5.97 Å². The van der Waals surface area contributed by atoms with Gasteiger partial charge in [0.2, 0.25) is 0 Å². The van der Waals surface area contributed by atoms with Crippen LogP contribution in [0.25, 0.3) is 21.8 Å². The van der Waals surface area contributed by atoms with Gasteiger partial charge in [-0.1, -0.05) is 30.7 Å². The molecule has 0 saturated heterocycles. The van der Waals surface area contributed by atoms with E-state index < -0.39 is 5.97 Å². The Morgan fingerprint density at radius 2 is 1.81 bits per heavy atom. The van der Waals surface area contributed by atoms with E-state index in [-0.39, 0.29) is 0 Å². The molecule has 3 aromatic carbocycles. The average Bonchev–Trinajstić information content (AvgIpc) is 3.06. The first kappa shape index (κ1) is 24.0. The van der Waals surface area contributed by atoms with Crippen molar-refractivity contribution < 1.29 is 14.6 Å². The van der Waals surface area contributed by atoms with E-state index in [9.17, 15) is 9.90 Å². The first-order valence-corrected chi connectivity index (χ1v) is 12.6. The molecule has 2 heterocycles. The fourth-order valence-electron chi connectivity index (χ4n) is 5.34. The summed E-state index contributed by atoms with van der Waals surface area (Å²) in [4.78, 5) is 16.9. The lowest BCUT2D eigenvalue weighted by Crippen LogP contribution is -2.02. The number of carboxylic acids is 1. The van der Waals surface area contributed by atoms with Gasteiger partial charge in [-0.2, -0.15) is 0 Å². The third-order valence-corrected chi connectivity index (χ3v) is 7.31. The number of carbonyl (C=O) groups is 1. The van der Waals surface area contributed by atoms with Gasteiger partial charge in [0.15, 0.2) is 0 Å². The van der Waals surface area contributed by atoms with E-state index in [0.717, 1.165) is 48.3 Å². The Hall–Kier alpha value is -3.70. The zero-order chi connectivity index (χ0) is 25.4. The predicted octanol–water partition coefficient (Wildman–Crippen LogP) is 7.02. The van der Waals surface area contributed by atoms with Crippen molar-refractivity contribution in [1.29, 1.82) is 0 Å². The molecule has 0 atom stereocenters. The normalized spacial score (nSPS) is 13.4. The molecule has 0 radical (unpaired) electrons. The zero-order valence-corrected chi connectivity index (χ0v) is 21.4. The summed E-state index contributed by atoms with van der Waals surface area (Å²) >= 11 is 0. The summed E-state index contributed by atoms with van der Waals surface area (Å²) in [6.45, 7) is 7.75. The molecule has 0 bridgehead atoms. The van der Waals surface area contributed by atoms with Gasteiger partial charge in [-0.15, -0.1) is 0 Å². The summed E-state index contributed by atoms with van der Waals surface area (Å²) < 4.78 is 7.73. The van der Waals surface area contributed by atoms with Crippen LogP contribution in [0.3, 0.4) is 0 Å². The molecule has 5 nitrogen and oxygen atoms in total. The van der Waals surface area contributed by atoms with E-state index in [4.69, 9.17) is 9.73 Å². The van der Waals surface area contributed by atoms with Gasteiger partial charge in [-0.3, -0.25) is 0 Å². The lowest BCUT2D eigenvalue weighted by Gasteiger charge is -2.11. The SMILES string of the molecule is CCc1ccc2c(c1)c1cc(C3=Nc4c(ccc(C(=O)O)c4C)CC(CCOC)=C3)ccc1n2CC. The van der Waals surface area contributed by atoms with E-state index in [0.29, 0.717) is 17.7 Å². The number of aryl methyl sites for hydroxylation is 2. The molecule has 0 fully saturated rings. The number of benzene rings is 3. The number of aliphatic imine (C=N–C) groups is 1. The monoisotopic (exact) mass is 480 g/mol. The summed E-state index contributed by atoms with van der Waals surface area (Å²) in [6, 6.07) is 16.9. The van der Waals surface area contributed by atoms with Crippen LogP contribution in [0.2, 0.25) is 0 Å². The van der Waals surface area contributed by atoms with E-state index in [1.165, 1.54) is 32.9 Å². The van der Waals surface area contributed by atoms with Gasteiger partial charge in [0.05, 0.1) is 17.0 Å². The molecule has 0 saturated carbocycles. The van der Waals surface area contributed by atoms with Crippen LogP contribution >= 0.6 is 0 Å². The number of ether oxygens (including phenoxy) is 1. The van der Waals surface area contributed by atoms with E-state index in [1.807, 2.05) is 13.0 Å². The van der Waals surface area contributed by atoms with Crippen molar-refractivity contribution in [3.63, 3.8) is 0 Å². The molecule has 0 amide bonds. The maximum Gasteiger partial charge on any atom is 0.336 e. The van der Waals surface area contributed by atoms with Gasteiger partial charge in [0.1, 0.15) is 0 Å². The van der Waals surface area contributed by atoms with Crippen LogP contribution in [0.1, 0.15) is 52.9 Å². The summed E-state index contributed by atoms with van der Waals surface area (Å²) in [5.41, 5.74) is 9.70. The molecule has 1 aromatic heterocycles. The third kappa shape index (κ3) is 4.14. The highest BCUT2D eigenvalue weighted by molar-refractivity contribution is 6.16. The molecular formula is C31H32N2O3. The first-order valence-electron chi connectivity index (χ1n) is 12.6. The van der Waals surface area contributed by atoms with Crippen molar-refractivity contribution >= 4 is 39.2 Å². The van der Waals surface area contributed by atoms with Crippen molar-refractivity contribution in [3.05, 3.63) is 88.0 Å². The summed E-state index contributed by atoms with van der Waals surface area (Å²) in [6.07, 6.45) is 4.68. The van der Waals surface area contributed by atoms with Crippen molar-refractivity contribution in [2.75, 3.05) is 13.7 Å². The average molecular weight is 481 g/mol. The number of hydrogen-bond donors (Lipinski definition) is 1. The van der Waals surface area contributed by atoms with Gasteiger partial charge < -0.3 is 14.4 Å². The molecule has 0 spiro atoms. The Morgan fingerprint density at radius 3 is 2.50 bits per heavy atom. The molecule has 1 N–H and O–H groups in total. The first-order chi connectivity index (χ1) is 17.4. The van der Waals surface area contributed by atoms with Crippen LogP contribution in [0, 0.1) is 6.92 Å². The minimum Gasteiger partial charge on any atom is -0.478 e. The highest BCUT2D eigenvalue weighted by atomic mass is 16.5. The summed E-state index contributed by atoms with van der Waals surface area (Å²) in [5.74, 6) is -0.926. The van der Waals surface area contributed by atoms with Crippen LogP contribution in [0.5, 0.6) is 0 Å². The largest absolute Gasteiger partial charge is 0.478 e. The molecular weight excluding hydrogens is 448 g/mol. The highest BCUT2D eigenvalue weighted by Crippen LogP contribution is 2.35. The topological polar surface area (TPSA) is 63.8 Å². The molecule has 5 heteroatoms. The lowest BCUT2D eigenvalue weighted by molar-refractivity contribution is 0.0696. The molecule has 36 heavy (non-hydrogen) atoms. The van der Waals surface area contributed by atoms with Crippen LogP contribution < -0.4 is 0 Å². The van der Waals surface area contributed by atoms with E-state index in [1.54, 1.807) is 13.2 Å². The summed E-state index contributed by atoms with van der Waals surface area (Å²) in [7, 11) is 1.71. The quantitative estimate of drug-likeness (QED) is 0.309. The molecule has 4 aromatic rings. The Kier molecular flexibility index (Phi) is 6.50. The molecule has 1 aliphatic rings.